The van der Waals surface area contributed by atoms with Crippen LogP contribution in [0.25, 0.3) is 0 Å². The molecule has 0 saturated heterocycles. The van der Waals surface area contributed by atoms with Crippen LogP contribution in [-0.4, -0.2) is 19.6 Å². The number of fused-ring (bicyclic) bond motifs is 1. The summed E-state index contributed by atoms with van der Waals surface area (Å²) in [4.78, 5) is 2.44. The van der Waals surface area contributed by atoms with Crippen LogP contribution >= 0.6 is 0 Å². The minimum atomic E-state index is 0.245. The first kappa shape index (κ1) is 26.1. The summed E-state index contributed by atoms with van der Waals surface area (Å²) in [5.41, 5.74) is 6.38. The molecule has 1 aliphatic rings. The second-order valence-corrected chi connectivity index (χ2v) is 10.7. The van der Waals surface area contributed by atoms with E-state index in [0.717, 1.165) is 43.1 Å². The summed E-state index contributed by atoms with van der Waals surface area (Å²) < 4.78 is 0. The van der Waals surface area contributed by atoms with Crippen molar-refractivity contribution in [1.29, 1.82) is 0 Å². The van der Waals surface area contributed by atoms with Crippen LogP contribution in [-0.2, 0) is 6.42 Å². The normalized spacial score (nSPS) is 16.8. The quantitative estimate of drug-likeness (QED) is 0.302. The maximum atomic E-state index is 4.55. The molecule has 3 nitrogen and oxygen atoms in total. The van der Waals surface area contributed by atoms with E-state index in [1.807, 2.05) is 14.0 Å². The molecule has 2 atom stereocenters. The summed E-state index contributed by atoms with van der Waals surface area (Å²) in [6.07, 6.45) is 9.50. The van der Waals surface area contributed by atoms with Crippen molar-refractivity contribution in [3.63, 3.8) is 0 Å². The lowest BCUT2D eigenvalue weighted by atomic mass is 9.80. The fourth-order valence-corrected chi connectivity index (χ4v) is 4.81. The van der Waals surface area contributed by atoms with Crippen LogP contribution in [0, 0.1) is 11.3 Å². The molecule has 2 rings (SSSR count). The maximum Gasteiger partial charge on any atom is 0.0478 e. The van der Waals surface area contributed by atoms with Crippen LogP contribution in [0.1, 0.15) is 78.2 Å². The first-order valence-corrected chi connectivity index (χ1v) is 12.4. The molecule has 1 heterocycles. The van der Waals surface area contributed by atoms with E-state index in [4.69, 9.17) is 0 Å². The molecule has 2 unspecified atom stereocenters. The lowest BCUT2D eigenvalue weighted by Gasteiger charge is -2.40. The molecule has 0 fully saturated rings. The number of benzene rings is 1. The third-order valence-corrected chi connectivity index (χ3v) is 6.76. The Morgan fingerprint density at radius 2 is 1.88 bits per heavy atom. The van der Waals surface area contributed by atoms with Gasteiger partial charge in [0.2, 0.25) is 0 Å². The molecule has 1 aromatic carbocycles. The summed E-state index contributed by atoms with van der Waals surface area (Å²) in [7, 11) is 1.96. The molecule has 0 aromatic heterocycles. The minimum Gasteiger partial charge on any atom is -0.392 e. The second-order valence-electron chi connectivity index (χ2n) is 10.7. The van der Waals surface area contributed by atoms with Crippen molar-refractivity contribution in [2.45, 2.75) is 85.1 Å². The molecule has 0 spiro atoms. The van der Waals surface area contributed by atoms with Gasteiger partial charge in [0.1, 0.15) is 0 Å². The Morgan fingerprint density at radius 1 is 1.16 bits per heavy atom. The first-order chi connectivity index (χ1) is 15.1. The molecule has 1 aliphatic heterocycles. The van der Waals surface area contributed by atoms with Crippen LogP contribution in [0.5, 0.6) is 0 Å². The number of rotatable bonds is 14. The predicted molar refractivity (Wildman–Crippen MR) is 142 cm³/mol. The van der Waals surface area contributed by atoms with Gasteiger partial charge in [-0.05, 0) is 62.0 Å². The maximum absolute atomic E-state index is 4.55. The zero-order valence-corrected chi connectivity index (χ0v) is 21.4. The minimum absolute atomic E-state index is 0.245. The standard InChI is InChI=1S/C29H47N3/c1-22(2)31-27-19-26-15-11-12-16-28(26)32(21-27)25(5)20-29(6,7)18-17-23(3)13-9-10-14-24(4)30-8/h11-12,15-16,23,27,30-31H,1,4-5,9-10,13-14,17-21H2,2-3,6-8H3. The van der Waals surface area contributed by atoms with E-state index in [1.54, 1.807) is 0 Å². The van der Waals surface area contributed by atoms with Gasteiger partial charge in [-0.3, -0.25) is 0 Å². The topological polar surface area (TPSA) is 27.3 Å². The molecule has 32 heavy (non-hydrogen) atoms. The Balaban J connectivity index is 1.89. The van der Waals surface area contributed by atoms with E-state index in [2.05, 4.69) is 80.3 Å². The summed E-state index contributed by atoms with van der Waals surface area (Å²) in [6.45, 7) is 22.8. The number of nitrogens with one attached hydrogen (secondary N) is 2. The van der Waals surface area contributed by atoms with Crippen molar-refractivity contribution in [1.82, 2.24) is 10.6 Å². The number of anilines is 1. The van der Waals surface area contributed by atoms with Crippen LogP contribution in [0.4, 0.5) is 5.69 Å². The molecule has 0 bridgehead atoms. The summed E-state index contributed by atoms with van der Waals surface area (Å²) in [5.74, 6) is 0.769. The van der Waals surface area contributed by atoms with Gasteiger partial charge in [0, 0.05) is 42.4 Å². The van der Waals surface area contributed by atoms with Gasteiger partial charge in [0.05, 0.1) is 0 Å². The highest BCUT2D eigenvalue weighted by molar-refractivity contribution is 5.60. The Bertz CT molecular complexity index is 776. The van der Waals surface area contributed by atoms with Gasteiger partial charge in [-0.25, -0.2) is 0 Å². The number of allylic oxidation sites excluding steroid dienone is 3. The van der Waals surface area contributed by atoms with Crippen molar-refractivity contribution < 1.29 is 0 Å². The van der Waals surface area contributed by atoms with E-state index >= 15 is 0 Å². The highest BCUT2D eigenvalue weighted by Crippen LogP contribution is 2.37. The number of para-hydroxylation sites is 1. The SMILES string of the molecule is C=C(C)NC1Cc2ccccc2N(C(=C)CC(C)(C)CCC(C)CCCCC(=C)NC)C1. The second kappa shape index (κ2) is 12.2. The monoisotopic (exact) mass is 437 g/mol. The molecule has 1 aromatic rings. The number of hydrogen-bond donors (Lipinski definition) is 2. The van der Waals surface area contributed by atoms with Crippen molar-refractivity contribution in [3.05, 3.63) is 66.7 Å². The molecule has 0 amide bonds. The molecular weight excluding hydrogens is 390 g/mol. The Hall–Kier alpha value is -2.16. The lowest BCUT2D eigenvalue weighted by molar-refractivity contribution is 0.286. The average Bonchev–Trinajstić information content (AvgIpc) is 2.73. The smallest absolute Gasteiger partial charge is 0.0478 e. The Morgan fingerprint density at radius 3 is 2.56 bits per heavy atom. The van der Waals surface area contributed by atoms with Crippen LogP contribution in [0.15, 0.2) is 61.1 Å². The molecule has 0 aliphatic carbocycles. The molecular formula is C29H47N3. The van der Waals surface area contributed by atoms with E-state index in [9.17, 15) is 0 Å². The van der Waals surface area contributed by atoms with Gasteiger partial charge in [-0.2, -0.15) is 0 Å². The van der Waals surface area contributed by atoms with Crippen LogP contribution in [0.3, 0.4) is 0 Å². The zero-order chi connectivity index (χ0) is 23.7. The average molecular weight is 438 g/mol. The highest BCUT2D eigenvalue weighted by atomic mass is 15.2. The fraction of sp³-hybridized carbons (Fsp3) is 0.586. The van der Waals surface area contributed by atoms with Gasteiger partial charge in [0.25, 0.3) is 0 Å². The van der Waals surface area contributed by atoms with Crippen molar-refractivity contribution in [2.24, 2.45) is 11.3 Å². The van der Waals surface area contributed by atoms with Crippen LogP contribution in [0.2, 0.25) is 0 Å². The first-order valence-electron chi connectivity index (χ1n) is 12.4. The van der Waals surface area contributed by atoms with Gasteiger partial charge in [-0.1, -0.05) is 78.0 Å². The lowest BCUT2D eigenvalue weighted by Crippen LogP contribution is -2.45. The van der Waals surface area contributed by atoms with Crippen molar-refractivity contribution >= 4 is 5.69 Å². The van der Waals surface area contributed by atoms with Gasteiger partial charge < -0.3 is 15.5 Å². The summed E-state index contributed by atoms with van der Waals surface area (Å²) >= 11 is 0. The number of hydrogen-bond acceptors (Lipinski definition) is 3. The summed E-state index contributed by atoms with van der Waals surface area (Å²) in [6, 6.07) is 9.16. The number of nitrogens with zero attached hydrogens (tertiary/aromatic N) is 1. The molecule has 0 radical (unpaired) electrons. The van der Waals surface area contributed by atoms with Gasteiger partial charge in [0.15, 0.2) is 0 Å². The van der Waals surface area contributed by atoms with E-state index in [-0.39, 0.29) is 5.41 Å². The van der Waals surface area contributed by atoms with Crippen molar-refractivity contribution in [3.8, 4) is 0 Å². The largest absolute Gasteiger partial charge is 0.392 e. The molecule has 0 saturated carbocycles. The van der Waals surface area contributed by atoms with Crippen molar-refractivity contribution in [2.75, 3.05) is 18.5 Å². The van der Waals surface area contributed by atoms with Gasteiger partial charge in [-0.15, -0.1) is 0 Å². The van der Waals surface area contributed by atoms with E-state index in [1.165, 1.54) is 49.1 Å². The Labute approximate surface area is 198 Å². The third-order valence-electron chi connectivity index (χ3n) is 6.76. The van der Waals surface area contributed by atoms with Gasteiger partial charge >= 0.3 is 0 Å². The fourth-order valence-electron chi connectivity index (χ4n) is 4.81. The van der Waals surface area contributed by atoms with E-state index in [0.29, 0.717) is 6.04 Å². The molecule has 3 heteroatoms. The zero-order valence-electron chi connectivity index (χ0n) is 21.4. The predicted octanol–water partition coefficient (Wildman–Crippen LogP) is 7.18. The Kier molecular flexibility index (Phi) is 9.93. The third kappa shape index (κ3) is 8.41. The summed E-state index contributed by atoms with van der Waals surface area (Å²) in [5, 5.41) is 6.71. The van der Waals surface area contributed by atoms with E-state index < -0.39 is 0 Å². The highest BCUT2D eigenvalue weighted by Gasteiger charge is 2.28. The van der Waals surface area contributed by atoms with Crippen LogP contribution < -0.4 is 15.5 Å². The number of unbranched alkanes of at least 4 members (excludes halogenated alkanes) is 1. The molecule has 2 N–H and O–H groups in total. The molecule has 178 valence electrons.